The van der Waals surface area contributed by atoms with Gasteiger partial charge in [0.2, 0.25) is 11.8 Å². The molecule has 1 aromatic heterocycles. The van der Waals surface area contributed by atoms with Crippen molar-refractivity contribution in [3.05, 3.63) is 11.8 Å². The topological polar surface area (TPSA) is 47.0 Å². The molecule has 0 amide bonds. The van der Waals surface area contributed by atoms with E-state index in [0.717, 1.165) is 24.1 Å². The van der Waals surface area contributed by atoms with E-state index in [-0.39, 0.29) is 0 Å². The number of anilines is 1. The number of ether oxygens (including phenoxy) is 1. The number of hydrogen-bond acceptors (Lipinski definition) is 4. The molecule has 4 heteroatoms. The zero-order chi connectivity index (χ0) is 14.4. The fraction of sp³-hybridized carbons (Fsp3) is 0.750. The third kappa shape index (κ3) is 4.36. The summed E-state index contributed by atoms with van der Waals surface area (Å²) in [6.07, 6.45) is 6.74. The van der Waals surface area contributed by atoms with E-state index < -0.39 is 0 Å². The second-order valence-electron chi connectivity index (χ2n) is 5.78. The van der Waals surface area contributed by atoms with Crippen LogP contribution >= 0.6 is 0 Å². The van der Waals surface area contributed by atoms with Crippen LogP contribution in [-0.4, -0.2) is 23.1 Å². The van der Waals surface area contributed by atoms with Gasteiger partial charge in [-0.2, -0.15) is 4.98 Å². The number of aromatic nitrogens is 2. The summed E-state index contributed by atoms with van der Waals surface area (Å²) in [5.74, 6) is 3.08. The van der Waals surface area contributed by atoms with Crippen molar-refractivity contribution < 1.29 is 4.74 Å². The van der Waals surface area contributed by atoms with E-state index in [0.29, 0.717) is 18.4 Å². The highest BCUT2D eigenvalue weighted by Crippen LogP contribution is 2.30. The van der Waals surface area contributed by atoms with Gasteiger partial charge in [-0.1, -0.05) is 26.2 Å². The van der Waals surface area contributed by atoms with E-state index >= 15 is 0 Å². The fourth-order valence-electron chi connectivity index (χ4n) is 2.92. The highest BCUT2D eigenvalue weighted by molar-refractivity contribution is 5.30. The second kappa shape index (κ2) is 7.46. The largest absolute Gasteiger partial charge is 0.478 e. The van der Waals surface area contributed by atoms with E-state index in [1.54, 1.807) is 0 Å². The van der Waals surface area contributed by atoms with E-state index in [1.807, 2.05) is 19.9 Å². The minimum Gasteiger partial charge on any atom is -0.478 e. The van der Waals surface area contributed by atoms with Crippen LogP contribution in [0, 0.1) is 18.8 Å². The molecule has 2 rings (SSSR count). The Bertz CT molecular complexity index is 414. The Morgan fingerprint density at radius 3 is 2.50 bits per heavy atom. The van der Waals surface area contributed by atoms with Gasteiger partial charge in [0.25, 0.3) is 0 Å². The molecule has 1 fully saturated rings. The molecule has 1 saturated carbocycles. The monoisotopic (exact) mass is 277 g/mol. The number of rotatable bonds is 6. The normalized spacial score (nSPS) is 22.6. The average molecular weight is 277 g/mol. The van der Waals surface area contributed by atoms with Crippen molar-refractivity contribution in [1.29, 1.82) is 0 Å². The van der Waals surface area contributed by atoms with E-state index in [4.69, 9.17) is 4.74 Å². The molecule has 20 heavy (non-hydrogen) atoms. The third-order valence-corrected chi connectivity index (χ3v) is 4.22. The van der Waals surface area contributed by atoms with Crippen LogP contribution in [0.2, 0.25) is 0 Å². The van der Waals surface area contributed by atoms with Gasteiger partial charge in [0, 0.05) is 18.3 Å². The van der Waals surface area contributed by atoms with Crippen molar-refractivity contribution >= 4 is 5.95 Å². The van der Waals surface area contributed by atoms with Gasteiger partial charge in [0.1, 0.15) is 0 Å². The van der Waals surface area contributed by atoms with Gasteiger partial charge in [-0.25, -0.2) is 4.98 Å². The summed E-state index contributed by atoms with van der Waals surface area (Å²) in [6.45, 7) is 7.86. The van der Waals surface area contributed by atoms with Gasteiger partial charge in [-0.3, -0.25) is 0 Å². The minimum atomic E-state index is 0.636. The first kappa shape index (κ1) is 15.1. The predicted molar refractivity (Wildman–Crippen MR) is 82.2 cm³/mol. The molecule has 1 N–H and O–H groups in total. The van der Waals surface area contributed by atoms with Crippen molar-refractivity contribution in [2.45, 2.75) is 52.9 Å². The lowest BCUT2D eigenvalue weighted by Gasteiger charge is -2.27. The van der Waals surface area contributed by atoms with Crippen molar-refractivity contribution in [1.82, 2.24) is 9.97 Å². The molecule has 0 aromatic carbocycles. The summed E-state index contributed by atoms with van der Waals surface area (Å²) >= 11 is 0. The van der Waals surface area contributed by atoms with Crippen LogP contribution in [0.4, 0.5) is 5.95 Å². The smallest absolute Gasteiger partial charge is 0.226 e. The standard InChI is InChI=1S/C16H27N3O/c1-4-13-6-8-14(9-7-13)11-17-16-18-12(3)10-15(19-16)20-5-2/h10,13-14H,4-9,11H2,1-3H3,(H,17,18,19). The summed E-state index contributed by atoms with van der Waals surface area (Å²) in [6, 6.07) is 1.88. The molecule has 0 radical (unpaired) electrons. The zero-order valence-electron chi connectivity index (χ0n) is 13.0. The average Bonchev–Trinajstić information content (AvgIpc) is 2.45. The molecule has 0 aliphatic heterocycles. The highest BCUT2D eigenvalue weighted by Gasteiger charge is 2.19. The van der Waals surface area contributed by atoms with Gasteiger partial charge < -0.3 is 10.1 Å². The predicted octanol–water partition coefficient (Wildman–Crippen LogP) is 3.81. The quantitative estimate of drug-likeness (QED) is 0.859. The van der Waals surface area contributed by atoms with Crippen LogP contribution in [-0.2, 0) is 0 Å². The maximum absolute atomic E-state index is 5.46. The lowest BCUT2D eigenvalue weighted by Crippen LogP contribution is -2.21. The Balaban J connectivity index is 1.84. The molecule has 1 heterocycles. The third-order valence-electron chi connectivity index (χ3n) is 4.22. The molecule has 0 unspecified atom stereocenters. The Labute approximate surface area is 122 Å². The Kier molecular flexibility index (Phi) is 5.62. The lowest BCUT2D eigenvalue weighted by molar-refractivity contribution is 0.278. The SMILES string of the molecule is CCOc1cc(C)nc(NCC2CCC(CC)CC2)n1. The molecule has 1 aromatic rings. The van der Waals surface area contributed by atoms with Crippen LogP contribution in [0.5, 0.6) is 5.88 Å². The van der Waals surface area contributed by atoms with Crippen LogP contribution < -0.4 is 10.1 Å². The summed E-state index contributed by atoms with van der Waals surface area (Å²) < 4.78 is 5.46. The number of nitrogens with zero attached hydrogens (tertiary/aromatic N) is 2. The first-order chi connectivity index (χ1) is 9.71. The Morgan fingerprint density at radius 2 is 1.85 bits per heavy atom. The van der Waals surface area contributed by atoms with Crippen LogP contribution in [0.3, 0.4) is 0 Å². The summed E-state index contributed by atoms with van der Waals surface area (Å²) in [7, 11) is 0. The summed E-state index contributed by atoms with van der Waals surface area (Å²) in [4.78, 5) is 8.82. The molecule has 0 atom stereocenters. The van der Waals surface area contributed by atoms with E-state index in [9.17, 15) is 0 Å². The molecule has 1 aliphatic carbocycles. The van der Waals surface area contributed by atoms with E-state index in [2.05, 4.69) is 22.2 Å². The Morgan fingerprint density at radius 1 is 1.15 bits per heavy atom. The van der Waals surface area contributed by atoms with Gasteiger partial charge in [-0.15, -0.1) is 0 Å². The molecule has 112 valence electrons. The van der Waals surface area contributed by atoms with Gasteiger partial charge in [-0.05, 0) is 38.5 Å². The Hall–Kier alpha value is -1.32. The fourth-order valence-corrected chi connectivity index (χ4v) is 2.92. The first-order valence-electron chi connectivity index (χ1n) is 7.93. The molecular formula is C16H27N3O. The molecule has 0 spiro atoms. The minimum absolute atomic E-state index is 0.636. The van der Waals surface area contributed by atoms with E-state index in [1.165, 1.54) is 32.1 Å². The van der Waals surface area contributed by atoms with Gasteiger partial charge >= 0.3 is 0 Å². The van der Waals surface area contributed by atoms with Crippen molar-refractivity contribution in [2.24, 2.45) is 11.8 Å². The van der Waals surface area contributed by atoms with Crippen LogP contribution in [0.25, 0.3) is 0 Å². The van der Waals surface area contributed by atoms with Gasteiger partial charge in [0.05, 0.1) is 6.61 Å². The first-order valence-corrected chi connectivity index (χ1v) is 7.93. The van der Waals surface area contributed by atoms with Gasteiger partial charge in [0.15, 0.2) is 0 Å². The maximum Gasteiger partial charge on any atom is 0.226 e. The van der Waals surface area contributed by atoms with Crippen molar-refractivity contribution in [3.63, 3.8) is 0 Å². The highest BCUT2D eigenvalue weighted by atomic mass is 16.5. The molecule has 0 saturated heterocycles. The zero-order valence-corrected chi connectivity index (χ0v) is 13.0. The number of nitrogens with one attached hydrogen (secondary N) is 1. The van der Waals surface area contributed by atoms with Crippen LogP contribution in [0.15, 0.2) is 6.07 Å². The van der Waals surface area contributed by atoms with Crippen LogP contribution in [0.1, 0.15) is 51.6 Å². The second-order valence-corrected chi connectivity index (χ2v) is 5.78. The molecule has 0 bridgehead atoms. The molecular weight excluding hydrogens is 250 g/mol. The molecule has 4 nitrogen and oxygen atoms in total. The number of hydrogen-bond donors (Lipinski definition) is 1. The number of aryl methyl sites for hydroxylation is 1. The van der Waals surface area contributed by atoms with Crippen molar-refractivity contribution in [2.75, 3.05) is 18.5 Å². The molecule has 1 aliphatic rings. The maximum atomic E-state index is 5.46. The lowest BCUT2D eigenvalue weighted by atomic mass is 9.81. The summed E-state index contributed by atoms with van der Waals surface area (Å²) in [5, 5.41) is 3.38. The van der Waals surface area contributed by atoms with Crippen molar-refractivity contribution in [3.8, 4) is 5.88 Å². The summed E-state index contributed by atoms with van der Waals surface area (Å²) in [5.41, 5.74) is 0.945.